The summed E-state index contributed by atoms with van der Waals surface area (Å²) in [7, 11) is 1.31. The Morgan fingerprint density at radius 1 is 1.64 bits per heavy atom. The molecule has 1 rings (SSSR count). The van der Waals surface area contributed by atoms with Gasteiger partial charge in [-0.05, 0) is 6.92 Å². The third-order valence-electron chi connectivity index (χ3n) is 1.66. The molecule has 14 heavy (non-hydrogen) atoms. The Labute approximate surface area is 81.8 Å². The minimum absolute atomic E-state index is 0.286. The van der Waals surface area contributed by atoms with Crippen LogP contribution in [-0.4, -0.2) is 26.2 Å². The van der Waals surface area contributed by atoms with Crippen LogP contribution in [0.2, 0.25) is 0 Å². The van der Waals surface area contributed by atoms with Gasteiger partial charge in [-0.25, -0.2) is 4.79 Å². The van der Waals surface area contributed by atoms with Crippen molar-refractivity contribution in [3.05, 3.63) is 17.4 Å². The number of carbonyl (C=O) groups excluding carboxylic acids is 1. The van der Waals surface area contributed by atoms with E-state index in [4.69, 9.17) is 14.9 Å². The highest BCUT2D eigenvalue weighted by molar-refractivity contribution is 5.90. The smallest absolute Gasteiger partial charge is 0.341 e. The lowest BCUT2D eigenvalue weighted by atomic mass is 10.3. The van der Waals surface area contributed by atoms with Gasteiger partial charge in [0, 0.05) is 12.6 Å². The fourth-order valence-corrected chi connectivity index (χ4v) is 0.998. The first-order valence-electron chi connectivity index (χ1n) is 4.20. The van der Waals surface area contributed by atoms with Crippen LogP contribution in [0.5, 0.6) is 5.95 Å². The van der Waals surface area contributed by atoms with Crippen molar-refractivity contribution in [2.75, 3.05) is 20.3 Å². The number of hydrogen-bond acceptors (Lipinski definition) is 5. The maximum atomic E-state index is 11.2. The van der Waals surface area contributed by atoms with Crippen LogP contribution in [0.1, 0.15) is 16.1 Å². The van der Waals surface area contributed by atoms with Crippen LogP contribution in [0.25, 0.3) is 0 Å². The Morgan fingerprint density at radius 3 is 2.93 bits per heavy atom. The summed E-state index contributed by atoms with van der Waals surface area (Å²) in [5, 5.41) is 0. The normalized spacial score (nSPS) is 9.93. The quantitative estimate of drug-likeness (QED) is 0.723. The number of esters is 1. The lowest BCUT2D eigenvalue weighted by Crippen LogP contribution is -2.10. The van der Waals surface area contributed by atoms with E-state index in [1.807, 2.05) is 0 Å². The Morgan fingerprint density at radius 2 is 2.36 bits per heavy atom. The molecule has 0 radical (unpaired) electrons. The third kappa shape index (κ3) is 2.26. The number of rotatable bonds is 4. The van der Waals surface area contributed by atoms with Crippen LogP contribution in [0.3, 0.4) is 0 Å². The number of nitrogens with two attached hydrogens (primary N) is 1. The van der Waals surface area contributed by atoms with Gasteiger partial charge in [-0.3, -0.25) is 0 Å². The molecule has 5 nitrogen and oxygen atoms in total. The van der Waals surface area contributed by atoms with E-state index in [-0.39, 0.29) is 5.95 Å². The zero-order valence-electron chi connectivity index (χ0n) is 8.20. The predicted molar refractivity (Wildman–Crippen MR) is 49.3 cm³/mol. The molecule has 2 N–H and O–H groups in total. The summed E-state index contributed by atoms with van der Waals surface area (Å²) in [6, 6.07) is 1.50. The van der Waals surface area contributed by atoms with Crippen molar-refractivity contribution in [3.8, 4) is 5.95 Å². The van der Waals surface area contributed by atoms with E-state index in [9.17, 15) is 4.79 Å². The second kappa shape index (κ2) is 4.66. The van der Waals surface area contributed by atoms with Crippen molar-refractivity contribution < 1.29 is 18.7 Å². The highest BCUT2D eigenvalue weighted by Gasteiger charge is 2.15. The fraction of sp³-hybridized carbons (Fsp3) is 0.444. The van der Waals surface area contributed by atoms with Gasteiger partial charge in [0.15, 0.2) is 0 Å². The standard InChI is InChI=1S/C9H13NO4/c1-6-7(9(11)12-2)5-8(14-6)13-4-3-10/h5H,3-4,10H2,1-2H3. The summed E-state index contributed by atoms with van der Waals surface area (Å²) < 4.78 is 14.8. The number of ether oxygens (including phenoxy) is 2. The fourth-order valence-electron chi connectivity index (χ4n) is 0.998. The molecule has 1 aromatic rings. The second-order valence-corrected chi connectivity index (χ2v) is 2.66. The topological polar surface area (TPSA) is 74.7 Å². The summed E-state index contributed by atoms with van der Waals surface area (Å²) >= 11 is 0. The first kappa shape index (κ1) is 10.6. The molecule has 0 aliphatic carbocycles. The molecule has 0 saturated carbocycles. The summed E-state index contributed by atoms with van der Waals surface area (Å²) in [6.07, 6.45) is 0. The third-order valence-corrected chi connectivity index (χ3v) is 1.66. The van der Waals surface area contributed by atoms with Gasteiger partial charge >= 0.3 is 5.97 Å². The summed E-state index contributed by atoms with van der Waals surface area (Å²) in [5.74, 6) is 0.325. The van der Waals surface area contributed by atoms with Crippen molar-refractivity contribution in [1.82, 2.24) is 0 Å². The largest absolute Gasteiger partial charge is 0.465 e. The van der Waals surface area contributed by atoms with Gasteiger partial charge in [0.05, 0.1) is 7.11 Å². The van der Waals surface area contributed by atoms with Gasteiger partial charge in [0.25, 0.3) is 5.95 Å². The van der Waals surface area contributed by atoms with Gasteiger partial charge in [0.1, 0.15) is 17.9 Å². The highest BCUT2D eigenvalue weighted by Crippen LogP contribution is 2.21. The van der Waals surface area contributed by atoms with E-state index in [0.29, 0.717) is 24.5 Å². The zero-order valence-corrected chi connectivity index (χ0v) is 8.20. The molecule has 0 aliphatic rings. The van der Waals surface area contributed by atoms with Gasteiger partial charge in [-0.1, -0.05) is 0 Å². The van der Waals surface area contributed by atoms with Crippen LogP contribution in [0, 0.1) is 6.92 Å². The van der Waals surface area contributed by atoms with Gasteiger partial charge < -0.3 is 19.6 Å². The Hall–Kier alpha value is -1.49. The maximum Gasteiger partial charge on any atom is 0.341 e. The molecule has 5 heteroatoms. The Balaban J connectivity index is 2.77. The molecular formula is C9H13NO4. The van der Waals surface area contributed by atoms with Crippen molar-refractivity contribution >= 4 is 5.97 Å². The van der Waals surface area contributed by atoms with E-state index < -0.39 is 5.97 Å². The summed E-state index contributed by atoms with van der Waals surface area (Å²) in [6.45, 7) is 2.42. The number of methoxy groups -OCH3 is 1. The zero-order chi connectivity index (χ0) is 10.6. The molecule has 78 valence electrons. The molecule has 0 fully saturated rings. The molecule has 0 spiro atoms. The molecule has 1 heterocycles. The Kier molecular flexibility index (Phi) is 3.53. The predicted octanol–water partition coefficient (Wildman–Crippen LogP) is 0.712. The monoisotopic (exact) mass is 199 g/mol. The minimum atomic E-state index is -0.436. The average molecular weight is 199 g/mol. The lowest BCUT2D eigenvalue weighted by molar-refractivity contribution is 0.0599. The van der Waals surface area contributed by atoms with E-state index in [0.717, 1.165) is 0 Å². The van der Waals surface area contributed by atoms with E-state index >= 15 is 0 Å². The van der Waals surface area contributed by atoms with Crippen molar-refractivity contribution in [3.63, 3.8) is 0 Å². The molecule has 0 amide bonds. The van der Waals surface area contributed by atoms with Crippen LogP contribution in [-0.2, 0) is 4.74 Å². The van der Waals surface area contributed by atoms with Crippen LogP contribution in [0.4, 0.5) is 0 Å². The summed E-state index contributed by atoms with van der Waals surface area (Å²) in [4.78, 5) is 11.2. The van der Waals surface area contributed by atoms with Crippen LogP contribution >= 0.6 is 0 Å². The molecule has 0 aliphatic heterocycles. The molecule has 0 unspecified atom stereocenters. The van der Waals surface area contributed by atoms with E-state index in [2.05, 4.69) is 4.74 Å². The highest BCUT2D eigenvalue weighted by atomic mass is 16.6. The number of hydrogen-bond donors (Lipinski definition) is 1. The van der Waals surface area contributed by atoms with Crippen molar-refractivity contribution in [2.24, 2.45) is 5.73 Å². The average Bonchev–Trinajstić information content (AvgIpc) is 2.55. The van der Waals surface area contributed by atoms with Gasteiger partial charge in [-0.15, -0.1) is 0 Å². The molecule has 0 aromatic carbocycles. The lowest BCUT2D eigenvalue weighted by Gasteiger charge is -1.97. The molecule has 1 aromatic heterocycles. The first-order valence-corrected chi connectivity index (χ1v) is 4.20. The number of furan rings is 1. The number of carbonyl (C=O) groups is 1. The SMILES string of the molecule is COC(=O)c1cc(OCCN)oc1C. The minimum Gasteiger partial charge on any atom is -0.465 e. The molecule has 0 bridgehead atoms. The first-order chi connectivity index (χ1) is 6.69. The van der Waals surface area contributed by atoms with Crippen molar-refractivity contribution in [2.45, 2.75) is 6.92 Å². The summed E-state index contributed by atoms with van der Waals surface area (Å²) in [5.41, 5.74) is 5.62. The molecule has 0 saturated heterocycles. The van der Waals surface area contributed by atoms with Crippen LogP contribution in [0.15, 0.2) is 10.5 Å². The number of aryl methyl sites for hydroxylation is 1. The van der Waals surface area contributed by atoms with E-state index in [1.54, 1.807) is 6.92 Å². The van der Waals surface area contributed by atoms with E-state index in [1.165, 1.54) is 13.2 Å². The maximum absolute atomic E-state index is 11.2. The second-order valence-electron chi connectivity index (χ2n) is 2.66. The van der Waals surface area contributed by atoms with Crippen LogP contribution < -0.4 is 10.5 Å². The molecular weight excluding hydrogens is 186 g/mol. The van der Waals surface area contributed by atoms with Gasteiger partial charge in [0.2, 0.25) is 0 Å². The Bertz CT molecular complexity index is 319. The van der Waals surface area contributed by atoms with Crippen molar-refractivity contribution in [1.29, 1.82) is 0 Å². The molecule has 0 atom stereocenters. The van der Waals surface area contributed by atoms with Gasteiger partial charge in [-0.2, -0.15) is 0 Å².